The van der Waals surface area contributed by atoms with Crippen molar-refractivity contribution in [3.63, 3.8) is 0 Å². The molecule has 10 nitrogen and oxygen atoms in total. The van der Waals surface area contributed by atoms with Gasteiger partial charge in [-0.05, 0) is 73.3 Å². The third kappa shape index (κ3) is 8.14. The summed E-state index contributed by atoms with van der Waals surface area (Å²) >= 11 is 0. The van der Waals surface area contributed by atoms with Crippen molar-refractivity contribution in [3.05, 3.63) is 65.6 Å². The number of methoxy groups -OCH3 is 1. The maximum atomic E-state index is 13.2. The van der Waals surface area contributed by atoms with E-state index in [2.05, 4.69) is 25.2 Å². The van der Waals surface area contributed by atoms with E-state index in [0.29, 0.717) is 48.5 Å². The molecule has 228 valence electrons. The summed E-state index contributed by atoms with van der Waals surface area (Å²) in [5.74, 6) is 0.477. The summed E-state index contributed by atoms with van der Waals surface area (Å²) in [5, 5.41) is 12.0. The topological polar surface area (TPSA) is 127 Å². The van der Waals surface area contributed by atoms with Gasteiger partial charge in [0, 0.05) is 37.6 Å². The zero-order valence-electron chi connectivity index (χ0n) is 23.9. The number of benzene rings is 1. The van der Waals surface area contributed by atoms with E-state index in [4.69, 9.17) is 9.47 Å². The third-order valence-electron chi connectivity index (χ3n) is 7.95. The minimum atomic E-state index is -2.55. The van der Waals surface area contributed by atoms with Gasteiger partial charge in [-0.2, -0.15) is 0 Å². The Labute approximate surface area is 248 Å². The molecule has 5 rings (SSSR count). The second-order valence-electron chi connectivity index (χ2n) is 11.0. The van der Waals surface area contributed by atoms with E-state index in [1.165, 1.54) is 12.3 Å². The van der Waals surface area contributed by atoms with E-state index in [1.54, 1.807) is 25.4 Å². The third-order valence-corrected chi connectivity index (χ3v) is 7.95. The molecular formula is C31H35F2N5O5. The number of anilines is 2. The highest BCUT2D eigenvalue weighted by Gasteiger charge is 2.34. The van der Waals surface area contributed by atoms with Crippen molar-refractivity contribution in [3.8, 4) is 11.6 Å². The molecule has 12 heteroatoms. The van der Waals surface area contributed by atoms with E-state index < -0.39 is 24.7 Å². The minimum absolute atomic E-state index is 0.0199. The number of amides is 1. The minimum Gasteiger partial charge on any atom is -0.497 e. The van der Waals surface area contributed by atoms with Gasteiger partial charge in [0.1, 0.15) is 5.75 Å². The summed E-state index contributed by atoms with van der Waals surface area (Å²) in [6.45, 7) is 1.84. The number of ether oxygens (including phenoxy) is 2. The van der Waals surface area contributed by atoms with Crippen molar-refractivity contribution >= 4 is 23.5 Å². The molecule has 2 fully saturated rings. The molecule has 1 aliphatic carbocycles. The second-order valence-corrected chi connectivity index (χ2v) is 11.0. The fraction of sp³-hybridized carbons (Fsp3) is 0.452. The van der Waals surface area contributed by atoms with Crippen LogP contribution in [-0.4, -0.2) is 65.2 Å². The molecule has 1 amide bonds. The first-order valence-corrected chi connectivity index (χ1v) is 14.4. The van der Waals surface area contributed by atoms with Gasteiger partial charge in [-0.3, -0.25) is 14.9 Å². The van der Waals surface area contributed by atoms with Crippen LogP contribution in [0.25, 0.3) is 0 Å². The Morgan fingerprint density at radius 1 is 1.07 bits per heavy atom. The molecule has 2 N–H and O–H groups in total. The van der Waals surface area contributed by atoms with Crippen molar-refractivity contribution in [2.24, 2.45) is 11.8 Å². The number of rotatable bonds is 13. The number of hydrogen-bond donors (Lipinski definition) is 2. The fourth-order valence-electron chi connectivity index (χ4n) is 5.51. The molecule has 0 radical (unpaired) electrons. The van der Waals surface area contributed by atoms with Crippen LogP contribution in [-0.2, 0) is 11.2 Å². The number of piperidine rings is 1. The number of nitrogens with zero attached hydrogens (tertiary/aromatic N) is 4. The van der Waals surface area contributed by atoms with Gasteiger partial charge in [-0.15, -0.1) is 0 Å². The standard InChI is InChI=1S/C31H35F2N5O5/c1-42-23-4-5-24(30(41)37-31-35-11-7-22(36-31)15-27(32)33)26(16-23)38-12-8-19(9-13-38)18-43-28-14-21(6-10-34-28)25(17-29(39)40)20-2-3-20/h4-7,10-11,14,16,19-20,25,27H,2-3,8-9,12-13,15,17-18H2,1H3,(H,39,40)(H,35,36,37,41). The summed E-state index contributed by atoms with van der Waals surface area (Å²) in [6.07, 6.45) is 3.79. The predicted octanol–water partition coefficient (Wildman–Crippen LogP) is 5.20. The number of aromatic nitrogens is 3. The fourth-order valence-corrected chi connectivity index (χ4v) is 5.51. The molecule has 1 atom stereocenters. The molecule has 0 bridgehead atoms. The number of carbonyl (C=O) groups is 2. The van der Waals surface area contributed by atoms with Crippen LogP contribution in [0.5, 0.6) is 11.6 Å². The Morgan fingerprint density at radius 2 is 1.84 bits per heavy atom. The Kier molecular flexibility index (Phi) is 9.63. The van der Waals surface area contributed by atoms with Crippen molar-refractivity contribution in [1.29, 1.82) is 0 Å². The summed E-state index contributed by atoms with van der Waals surface area (Å²) in [7, 11) is 1.56. The van der Waals surface area contributed by atoms with E-state index in [-0.39, 0.29) is 29.9 Å². The molecule has 43 heavy (non-hydrogen) atoms. The van der Waals surface area contributed by atoms with Crippen LogP contribution in [0.1, 0.15) is 59.6 Å². The smallest absolute Gasteiger partial charge is 0.303 e. The Balaban J connectivity index is 1.20. The van der Waals surface area contributed by atoms with Gasteiger partial charge in [-0.25, -0.2) is 23.7 Å². The van der Waals surface area contributed by atoms with Crippen LogP contribution in [0.2, 0.25) is 0 Å². The first kappa shape index (κ1) is 30.1. The quantitative estimate of drug-likeness (QED) is 0.274. The number of pyridine rings is 1. The lowest BCUT2D eigenvalue weighted by molar-refractivity contribution is -0.137. The number of halogens is 2. The molecule has 0 spiro atoms. The number of carboxylic acids is 1. The Morgan fingerprint density at radius 3 is 2.53 bits per heavy atom. The molecule has 3 heterocycles. The maximum absolute atomic E-state index is 13.2. The van der Waals surface area contributed by atoms with Gasteiger partial charge in [0.25, 0.3) is 5.91 Å². The lowest BCUT2D eigenvalue weighted by atomic mass is 9.92. The van der Waals surface area contributed by atoms with E-state index >= 15 is 0 Å². The molecule has 1 unspecified atom stereocenters. The number of alkyl halides is 2. The largest absolute Gasteiger partial charge is 0.497 e. The van der Waals surface area contributed by atoms with Gasteiger partial charge < -0.3 is 19.5 Å². The van der Waals surface area contributed by atoms with Gasteiger partial charge in [0.15, 0.2) is 0 Å². The lowest BCUT2D eigenvalue weighted by Gasteiger charge is -2.34. The van der Waals surface area contributed by atoms with Crippen molar-refractivity contribution in [2.75, 3.05) is 37.0 Å². The number of nitrogens with one attached hydrogen (secondary N) is 1. The summed E-state index contributed by atoms with van der Waals surface area (Å²) in [6, 6.07) is 10.3. The molecule has 2 aromatic heterocycles. The van der Waals surface area contributed by atoms with Crippen LogP contribution < -0.4 is 19.7 Å². The van der Waals surface area contributed by atoms with Crippen molar-refractivity contribution in [1.82, 2.24) is 15.0 Å². The molecule has 2 aliphatic rings. The zero-order chi connectivity index (χ0) is 30.3. The maximum Gasteiger partial charge on any atom is 0.303 e. The molecular weight excluding hydrogens is 560 g/mol. The molecule has 1 aromatic carbocycles. The highest BCUT2D eigenvalue weighted by atomic mass is 19.3. The van der Waals surface area contributed by atoms with E-state index in [9.17, 15) is 23.5 Å². The first-order chi connectivity index (χ1) is 20.8. The van der Waals surface area contributed by atoms with E-state index in [0.717, 1.165) is 31.2 Å². The van der Waals surface area contributed by atoms with Gasteiger partial charge in [0.05, 0.1) is 43.5 Å². The van der Waals surface area contributed by atoms with Gasteiger partial charge in [0.2, 0.25) is 18.3 Å². The Hall–Kier alpha value is -4.35. The van der Waals surface area contributed by atoms with Crippen molar-refractivity contribution < 1.29 is 33.0 Å². The van der Waals surface area contributed by atoms with Gasteiger partial charge in [-0.1, -0.05) is 0 Å². The number of aliphatic carboxylic acids is 1. The highest BCUT2D eigenvalue weighted by Crippen LogP contribution is 2.45. The summed E-state index contributed by atoms with van der Waals surface area (Å²) in [4.78, 5) is 39.1. The molecule has 1 aliphatic heterocycles. The monoisotopic (exact) mass is 595 g/mol. The summed E-state index contributed by atoms with van der Waals surface area (Å²) < 4.78 is 37.0. The summed E-state index contributed by atoms with van der Waals surface area (Å²) in [5.41, 5.74) is 2.19. The van der Waals surface area contributed by atoms with Crippen LogP contribution in [0.4, 0.5) is 20.4 Å². The van der Waals surface area contributed by atoms with Crippen molar-refractivity contribution in [2.45, 2.75) is 50.9 Å². The number of carboxylic acid groups (broad SMARTS) is 1. The van der Waals surface area contributed by atoms with Crippen LogP contribution in [0, 0.1) is 11.8 Å². The van der Waals surface area contributed by atoms with Crippen LogP contribution >= 0.6 is 0 Å². The zero-order valence-corrected chi connectivity index (χ0v) is 23.9. The molecule has 3 aromatic rings. The average Bonchev–Trinajstić information content (AvgIpc) is 3.84. The van der Waals surface area contributed by atoms with Crippen LogP contribution in [0.15, 0.2) is 48.8 Å². The number of carbonyl (C=O) groups excluding carboxylic acids is 1. The molecule has 1 saturated heterocycles. The normalized spacial score (nSPS) is 16.1. The predicted molar refractivity (Wildman–Crippen MR) is 155 cm³/mol. The number of hydrogen-bond acceptors (Lipinski definition) is 8. The second kappa shape index (κ2) is 13.7. The highest BCUT2D eigenvalue weighted by molar-refractivity contribution is 6.07. The van der Waals surface area contributed by atoms with Crippen LogP contribution in [0.3, 0.4) is 0 Å². The first-order valence-electron chi connectivity index (χ1n) is 14.4. The lowest BCUT2D eigenvalue weighted by Crippen LogP contribution is -2.36. The SMILES string of the molecule is COc1ccc(C(=O)Nc2nccc(CC(F)F)n2)c(N2CCC(COc3cc(C(CC(=O)O)C4CC4)ccn3)CC2)c1. The Bertz CT molecular complexity index is 1430. The van der Waals surface area contributed by atoms with Gasteiger partial charge >= 0.3 is 5.97 Å². The average molecular weight is 596 g/mol. The van der Waals surface area contributed by atoms with E-state index in [1.807, 2.05) is 18.2 Å². The molecule has 1 saturated carbocycles.